The summed E-state index contributed by atoms with van der Waals surface area (Å²) in [4.78, 5) is 14.1. The van der Waals surface area contributed by atoms with Gasteiger partial charge < -0.3 is 14.6 Å². The third-order valence-electron chi connectivity index (χ3n) is 3.76. The van der Waals surface area contributed by atoms with Crippen molar-refractivity contribution in [3.05, 3.63) is 23.7 Å². The Morgan fingerprint density at radius 3 is 2.78 bits per heavy atom. The lowest BCUT2D eigenvalue weighted by atomic mass is 9.93. The lowest BCUT2D eigenvalue weighted by molar-refractivity contribution is 0.0654. The number of piperidine rings is 1. The average molecular weight is 250 g/mol. The zero-order chi connectivity index (χ0) is 13.0. The van der Waals surface area contributed by atoms with Crippen molar-refractivity contribution in [1.82, 2.24) is 10.2 Å². The summed E-state index contributed by atoms with van der Waals surface area (Å²) in [6, 6.07) is 1.84. The van der Waals surface area contributed by atoms with Gasteiger partial charge in [-0.05, 0) is 51.8 Å². The molecule has 1 N–H and O–H groups in total. The number of nitrogens with zero attached hydrogens (tertiary/aromatic N) is 1. The van der Waals surface area contributed by atoms with E-state index < -0.39 is 0 Å². The Hall–Kier alpha value is -1.29. The summed E-state index contributed by atoms with van der Waals surface area (Å²) in [6.45, 7) is 4.69. The summed E-state index contributed by atoms with van der Waals surface area (Å²) in [5, 5.41) is 3.18. The van der Waals surface area contributed by atoms with E-state index in [0.29, 0.717) is 5.76 Å². The predicted molar refractivity (Wildman–Crippen MR) is 70.6 cm³/mol. The second kappa shape index (κ2) is 6.05. The maximum Gasteiger partial charge on any atom is 0.289 e. The first-order valence-electron chi connectivity index (χ1n) is 6.70. The third kappa shape index (κ3) is 2.93. The number of carbonyl (C=O) groups is 1. The number of amides is 1. The monoisotopic (exact) mass is 250 g/mol. The van der Waals surface area contributed by atoms with Gasteiger partial charge in [-0.1, -0.05) is 0 Å². The van der Waals surface area contributed by atoms with Crippen molar-refractivity contribution in [3.8, 4) is 0 Å². The van der Waals surface area contributed by atoms with Crippen molar-refractivity contribution >= 4 is 5.91 Å². The Morgan fingerprint density at radius 2 is 2.22 bits per heavy atom. The summed E-state index contributed by atoms with van der Waals surface area (Å²) in [7, 11) is 1.98. The first-order valence-corrected chi connectivity index (χ1v) is 6.70. The highest BCUT2D eigenvalue weighted by molar-refractivity contribution is 5.92. The van der Waals surface area contributed by atoms with Gasteiger partial charge in [0.15, 0.2) is 5.76 Å². The molecule has 0 radical (unpaired) electrons. The van der Waals surface area contributed by atoms with Gasteiger partial charge in [0.05, 0.1) is 6.26 Å². The minimum absolute atomic E-state index is 0.0459. The van der Waals surface area contributed by atoms with Gasteiger partial charge in [-0.3, -0.25) is 4.79 Å². The molecule has 1 aromatic rings. The fourth-order valence-corrected chi connectivity index (χ4v) is 2.51. The number of aryl methyl sites for hydroxylation is 1. The van der Waals surface area contributed by atoms with Crippen LogP contribution in [-0.2, 0) is 0 Å². The van der Waals surface area contributed by atoms with Crippen LogP contribution in [0.5, 0.6) is 0 Å². The van der Waals surface area contributed by atoms with Gasteiger partial charge >= 0.3 is 0 Å². The minimum Gasteiger partial charge on any atom is -0.459 e. The molecule has 0 aliphatic carbocycles. The summed E-state index contributed by atoms with van der Waals surface area (Å²) >= 11 is 0. The van der Waals surface area contributed by atoms with Crippen molar-refractivity contribution in [3.63, 3.8) is 0 Å². The largest absolute Gasteiger partial charge is 0.459 e. The third-order valence-corrected chi connectivity index (χ3v) is 3.76. The van der Waals surface area contributed by atoms with Crippen LogP contribution >= 0.6 is 0 Å². The molecular weight excluding hydrogens is 228 g/mol. The van der Waals surface area contributed by atoms with Gasteiger partial charge in [-0.25, -0.2) is 0 Å². The van der Waals surface area contributed by atoms with E-state index in [1.165, 1.54) is 6.42 Å². The molecule has 100 valence electrons. The summed E-state index contributed by atoms with van der Waals surface area (Å²) in [5.74, 6) is 1.30. The molecule has 0 atom stereocenters. The van der Waals surface area contributed by atoms with Crippen LogP contribution in [0.1, 0.15) is 35.4 Å². The normalized spacial score (nSPS) is 17.1. The van der Waals surface area contributed by atoms with Crippen LogP contribution < -0.4 is 5.32 Å². The van der Waals surface area contributed by atoms with Gasteiger partial charge in [0, 0.05) is 18.7 Å². The van der Waals surface area contributed by atoms with E-state index in [1.54, 1.807) is 6.26 Å². The van der Waals surface area contributed by atoms with Crippen molar-refractivity contribution in [2.45, 2.75) is 26.2 Å². The topological polar surface area (TPSA) is 45.5 Å². The number of carbonyl (C=O) groups excluding carboxylic acids is 1. The second-order valence-corrected chi connectivity index (χ2v) is 5.06. The summed E-state index contributed by atoms with van der Waals surface area (Å²) in [5.41, 5.74) is 0.928. The Labute approximate surface area is 108 Å². The van der Waals surface area contributed by atoms with E-state index in [-0.39, 0.29) is 5.91 Å². The number of furan rings is 1. The molecule has 4 nitrogen and oxygen atoms in total. The van der Waals surface area contributed by atoms with Crippen LogP contribution in [0.15, 0.2) is 16.7 Å². The highest BCUT2D eigenvalue weighted by Crippen LogP contribution is 2.22. The van der Waals surface area contributed by atoms with E-state index in [9.17, 15) is 4.79 Å². The van der Waals surface area contributed by atoms with Gasteiger partial charge in [0.1, 0.15) is 0 Å². The average Bonchev–Trinajstić information content (AvgIpc) is 2.82. The second-order valence-electron chi connectivity index (χ2n) is 5.06. The van der Waals surface area contributed by atoms with Crippen LogP contribution in [0.4, 0.5) is 0 Å². The van der Waals surface area contributed by atoms with Gasteiger partial charge in [-0.2, -0.15) is 0 Å². The molecule has 0 saturated carbocycles. The number of hydrogen-bond donors (Lipinski definition) is 1. The maximum atomic E-state index is 12.2. The van der Waals surface area contributed by atoms with Gasteiger partial charge in [0.25, 0.3) is 5.91 Å². The van der Waals surface area contributed by atoms with Crippen molar-refractivity contribution in [2.24, 2.45) is 5.92 Å². The molecule has 0 spiro atoms. The highest BCUT2D eigenvalue weighted by Gasteiger charge is 2.25. The smallest absolute Gasteiger partial charge is 0.289 e. The SMILES string of the molecule is CNCCC1CCN(C(=O)c2occc2C)CC1. The molecule has 1 fully saturated rings. The van der Waals surface area contributed by atoms with Crippen LogP contribution in [0.2, 0.25) is 0 Å². The van der Waals surface area contributed by atoms with Crippen LogP contribution in [0.3, 0.4) is 0 Å². The zero-order valence-electron chi connectivity index (χ0n) is 11.2. The standard InChI is InChI=1S/C14H22N2O2/c1-11-6-10-18-13(11)14(17)16-8-4-12(5-9-16)3-7-15-2/h6,10,12,15H,3-5,7-9H2,1-2H3. The van der Waals surface area contributed by atoms with E-state index in [4.69, 9.17) is 4.42 Å². The number of rotatable bonds is 4. The molecule has 1 aromatic heterocycles. The summed E-state index contributed by atoms with van der Waals surface area (Å²) in [6.07, 6.45) is 5.00. The molecule has 1 amide bonds. The molecule has 1 aliphatic heterocycles. The van der Waals surface area contributed by atoms with E-state index in [1.807, 2.05) is 24.9 Å². The summed E-state index contributed by atoms with van der Waals surface area (Å²) < 4.78 is 5.27. The van der Waals surface area contributed by atoms with Gasteiger partial charge in [-0.15, -0.1) is 0 Å². The molecule has 1 saturated heterocycles. The van der Waals surface area contributed by atoms with Crippen molar-refractivity contribution < 1.29 is 9.21 Å². The Kier molecular flexibility index (Phi) is 4.42. The number of hydrogen-bond acceptors (Lipinski definition) is 3. The predicted octanol–water partition coefficient (Wildman–Crippen LogP) is 2.05. The number of nitrogens with one attached hydrogen (secondary N) is 1. The zero-order valence-corrected chi connectivity index (χ0v) is 11.2. The fraction of sp³-hybridized carbons (Fsp3) is 0.643. The van der Waals surface area contributed by atoms with E-state index in [2.05, 4.69) is 5.32 Å². The van der Waals surface area contributed by atoms with Crippen molar-refractivity contribution in [1.29, 1.82) is 0 Å². The molecular formula is C14H22N2O2. The van der Waals surface area contributed by atoms with Gasteiger partial charge in [0.2, 0.25) is 0 Å². The van der Waals surface area contributed by atoms with E-state index in [0.717, 1.165) is 44.0 Å². The van der Waals surface area contributed by atoms with Crippen LogP contribution in [0.25, 0.3) is 0 Å². The molecule has 2 heterocycles. The number of likely N-dealkylation sites (tertiary alicyclic amines) is 1. The van der Waals surface area contributed by atoms with E-state index >= 15 is 0 Å². The van der Waals surface area contributed by atoms with Crippen LogP contribution in [0, 0.1) is 12.8 Å². The highest BCUT2D eigenvalue weighted by atomic mass is 16.3. The lowest BCUT2D eigenvalue weighted by Gasteiger charge is -2.31. The Morgan fingerprint density at radius 1 is 1.50 bits per heavy atom. The first kappa shape index (κ1) is 13.1. The first-order chi connectivity index (χ1) is 8.72. The molecule has 4 heteroatoms. The molecule has 1 aliphatic rings. The van der Waals surface area contributed by atoms with Crippen LogP contribution in [-0.4, -0.2) is 37.5 Å². The maximum absolute atomic E-state index is 12.2. The molecule has 18 heavy (non-hydrogen) atoms. The lowest BCUT2D eigenvalue weighted by Crippen LogP contribution is -2.39. The Balaban J connectivity index is 1.86. The fourth-order valence-electron chi connectivity index (χ4n) is 2.51. The molecule has 2 rings (SSSR count). The van der Waals surface area contributed by atoms with Crippen molar-refractivity contribution in [2.75, 3.05) is 26.7 Å². The molecule has 0 aromatic carbocycles. The molecule has 0 bridgehead atoms. The molecule has 0 unspecified atom stereocenters. The Bertz CT molecular complexity index is 392. The minimum atomic E-state index is 0.0459. The quantitative estimate of drug-likeness (QED) is 0.889.